The van der Waals surface area contributed by atoms with E-state index in [-0.39, 0.29) is 5.91 Å². The first-order valence-electron chi connectivity index (χ1n) is 7.21. The maximum Gasteiger partial charge on any atom is 0.224 e. The molecule has 1 aliphatic heterocycles. The average Bonchev–Trinajstić information content (AvgIpc) is 2.54. The van der Waals surface area contributed by atoms with Crippen molar-refractivity contribution in [2.75, 3.05) is 5.75 Å². The second-order valence-corrected chi connectivity index (χ2v) is 6.34. The summed E-state index contributed by atoms with van der Waals surface area (Å²) in [5.41, 5.74) is 3.56. The van der Waals surface area contributed by atoms with Crippen molar-refractivity contribution in [3.8, 4) is 0 Å². The number of benzene rings is 1. The van der Waals surface area contributed by atoms with Crippen LogP contribution in [0.4, 0.5) is 0 Å². The van der Waals surface area contributed by atoms with Crippen LogP contribution in [0.5, 0.6) is 0 Å². The number of rotatable bonds is 4. The second-order valence-electron chi connectivity index (χ2n) is 5.20. The van der Waals surface area contributed by atoms with Gasteiger partial charge in [0, 0.05) is 23.8 Å². The number of carbonyl (C=O) groups excluding carboxylic acids is 1. The van der Waals surface area contributed by atoms with Crippen molar-refractivity contribution in [3.05, 3.63) is 59.4 Å². The Labute approximate surface area is 129 Å². The number of hydrogen-bond acceptors (Lipinski definition) is 3. The Morgan fingerprint density at radius 1 is 1.19 bits per heavy atom. The third-order valence-corrected chi connectivity index (χ3v) is 4.78. The van der Waals surface area contributed by atoms with Crippen LogP contribution in [0.2, 0.25) is 0 Å². The number of aryl methyl sites for hydroxylation is 1. The topological polar surface area (TPSA) is 42.0 Å². The van der Waals surface area contributed by atoms with Crippen molar-refractivity contribution in [2.45, 2.75) is 30.7 Å². The van der Waals surface area contributed by atoms with Crippen molar-refractivity contribution >= 4 is 17.7 Å². The maximum atomic E-state index is 12.0. The largest absolute Gasteiger partial charge is 0.352 e. The van der Waals surface area contributed by atoms with E-state index in [0.717, 1.165) is 17.5 Å². The second kappa shape index (κ2) is 6.76. The van der Waals surface area contributed by atoms with Crippen LogP contribution in [0.3, 0.4) is 0 Å². The van der Waals surface area contributed by atoms with Crippen LogP contribution in [-0.4, -0.2) is 16.6 Å². The van der Waals surface area contributed by atoms with Crippen LogP contribution in [0.25, 0.3) is 0 Å². The number of aromatic nitrogens is 1. The first-order chi connectivity index (χ1) is 10.3. The number of carbonyl (C=O) groups is 1. The molecule has 0 unspecified atom stereocenters. The lowest BCUT2D eigenvalue weighted by Gasteiger charge is -2.16. The van der Waals surface area contributed by atoms with Gasteiger partial charge in [-0.25, -0.2) is 0 Å². The molecule has 2 aromatic rings. The van der Waals surface area contributed by atoms with Crippen molar-refractivity contribution < 1.29 is 4.79 Å². The van der Waals surface area contributed by atoms with E-state index in [2.05, 4.69) is 28.5 Å². The van der Waals surface area contributed by atoms with Gasteiger partial charge in [0.2, 0.25) is 5.91 Å². The fourth-order valence-corrected chi connectivity index (χ4v) is 3.49. The quantitative estimate of drug-likeness (QED) is 0.943. The van der Waals surface area contributed by atoms with Gasteiger partial charge in [0.25, 0.3) is 0 Å². The van der Waals surface area contributed by atoms with Crippen LogP contribution in [0, 0.1) is 0 Å². The molecule has 1 amide bonds. The maximum absolute atomic E-state index is 12.0. The van der Waals surface area contributed by atoms with E-state index in [1.165, 1.54) is 22.6 Å². The average molecular weight is 298 g/mol. The molecule has 0 spiro atoms. The Hall–Kier alpha value is -1.81. The van der Waals surface area contributed by atoms with Crippen LogP contribution < -0.4 is 5.32 Å². The molecule has 1 N–H and O–H groups in total. The zero-order valence-corrected chi connectivity index (χ0v) is 12.7. The first kappa shape index (κ1) is 14.1. The highest BCUT2D eigenvalue weighted by molar-refractivity contribution is 7.99. The van der Waals surface area contributed by atoms with E-state index < -0.39 is 0 Å². The highest BCUT2D eigenvalue weighted by atomic mass is 32.2. The Morgan fingerprint density at radius 2 is 2.05 bits per heavy atom. The zero-order valence-electron chi connectivity index (χ0n) is 11.8. The Bertz CT molecular complexity index is 628. The minimum absolute atomic E-state index is 0.0650. The first-order valence-corrected chi connectivity index (χ1v) is 8.20. The van der Waals surface area contributed by atoms with E-state index in [4.69, 9.17) is 0 Å². The van der Waals surface area contributed by atoms with Crippen LogP contribution in [0.15, 0.2) is 47.6 Å². The lowest BCUT2D eigenvalue weighted by molar-refractivity contribution is -0.120. The number of nitrogens with one attached hydrogen (secondary N) is 1. The van der Waals surface area contributed by atoms with E-state index in [1.807, 2.05) is 23.9 Å². The van der Waals surface area contributed by atoms with Gasteiger partial charge in [-0.3, -0.25) is 9.78 Å². The molecule has 21 heavy (non-hydrogen) atoms. The minimum atomic E-state index is 0.0650. The summed E-state index contributed by atoms with van der Waals surface area (Å²) in [6.07, 6.45) is 6.29. The molecule has 0 aliphatic carbocycles. The monoisotopic (exact) mass is 298 g/mol. The molecule has 1 aliphatic rings. The van der Waals surface area contributed by atoms with Gasteiger partial charge < -0.3 is 5.32 Å². The van der Waals surface area contributed by atoms with Gasteiger partial charge in [-0.05, 0) is 53.5 Å². The molecular weight excluding hydrogens is 280 g/mol. The molecule has 0 bridgehead atoms. The fraction of sp³-hybridized carbons (Fsp3) is 0.294. The standard InChI is InChI=1S/C17H18N2OS/c20-17(19-12-13-5-7-18-8-6-13)11-14-3-4-16-15(10-14)2-1-9-21-16/h3-8,10H,1-2,9,11-12H2,(H,19,20). The molecule has 0 fully saturated rings. The van der Waals surface area contributed by atoms with Crippen molar-refractivity contribution in [3.63, 3.8) is 0 Å². The third-order valence-electron chi connectivity index (χ3n) is 3.58. The normalized spacial score (nSPS) is 13.5. The summed E-state index contributed by atoms with van der Waals surface area (Å²) in [4.78, 5) is 17.4. The third kappa shape index (κ3) is 3.85. The molecule has 2 heterocycles. The number of pyridine rings is 1. The van der Waals surface area contributed by atoms with E-state index in [9.17, 15) is 4.79 Å². The summed E-state index contributed by atoms with van der Waals surface area (Å²) >= 11 is 1.92. The molecule has 0 saturated carbocycles. The van der Waals surface area contributed by atoms with Crippen molar-refractivity contribution in [1.82, 2.24) is 10.3 Å². The van der Waals surface area contributed by atoms with E-state index >= 15 is 0 Å². The van der Waals surface area contributed by atoms with Gasteiger partial charge in [0.05, 0.1) is 6.42 Å². The van der Waals surface area contributed by atoms with Gasteiger partial charge in [-0.2, -0.15) is 0 Å². The summed E-state index contributed by atoms with van der Waals surface area (Å²) in [6.45, 7) is 0.558. The number of thioether (sulfide) groups is 1. The molecule has 1 aromatic heterocycles. The SMILES string of the molecule is O=C(Cc1ccc2c(c1)CCCS2)NCc1ccncc1. The Balaban J connectivity index is 1.57. The smallest absolute Gasteiger partial charge is 0.224 e. The summed E-state index contributed by atoms with van der Waals surface area (Å²) in [5, 5.41) is 2.96. The van der Waals surface area contributed by atoms with Gasteiger partial charge in [-0.15, -0.1) is 11.8 Å². The lowest BCUT2D eigenvalue weighted by atomic mass is 10.0. The summed E-state index contributed by atoms with van der Waals surface area (Å²) in [5.74, 6) is 1.27. The van der Waals surface area contributed by atoms with Crippen LogP contribution in [0.1, 0.15) is 23.1 Å². The minimum Gasteiger partial charge on any atom is -0.352 e. The molecule has 0 atom stereocenters. The Kier molecular flexibility index (Phi) is 4.55. The van der Waals surface area contributed by atoms with Crippen LogP contribution >= 0.6 is 11.8 Å². The van der Waals surface area contributed by atoms with Crippen molar-refractivity contribution in [2.24, 2.45) is 0 Å². The van der Waals surface area contributed by atoms with Gasteiger partial charge in [-0.1, -0.05) is 12.1 Å². The molecule has 4 heteroatoms. The van der Waals surface area contributed by atoms with Gasteiger partial charge in [0.1, 0.15) is 0 Å². The summed E-state index contributed by atoms with van der Waals surface area (Å²) in [7, 11) is 0. The molecule has 3 nitrogen and oxygen atoms in total. The summed E-state index contributed by atoms with van der Waals surface area (Å²) < 4.78 is 0. The molecule has 0 radical (unpaired) electrons. The zero-order chi connectivity index (χ0) is 14.5. The summed E-state index contributed by atoms with van der Waals surface area (Å²) in [6, 6.07) is 10.2. The van der Waals surface area contributed by atoms with Gasteiger partial charge in [0.15, 0.2) is 0 Å². The molecule has 1 aromatic carbocycles. The van der Waals surface area contributed by atoms with Gasteiger partial charge >= 0.3 is 0 Å². The highest BCUT2D eigenvalue weighted by Gasteiger charge is 2.11. The predicted octanol–water partition coefficient (Wildman–Crippen LogP) is 2.98. The highest BCUT2D eigenvalue weighted by Crippen LogP contribution is 2.30. The predicted molar refractivity (Wildman–Crippen MR) is 85.3 cm³/mol. The molecular formula is C17H18N2OS. The molecule has 3 rings (SSSR count). The number of hydrogen-bond donors (Lipinski definition) is 1. The van der Waals surface area contributed by atoms with E-state index in [0.29, 0.717) is 13.0 Å². The molecule has 0 saturated heterocycles. The molecule has 108 valence electrons. The van der Waals surface area contributed by atoms with E-state index in [1.54, 1.807) is 12.4 Å². The number of nitrogens with zero attached hydrogens (tertiary/aromatic N) is 1. The van der Waals surface area contributed by atoms with Crippen molar-refractivity contribution in [1.29, 1.82) is 0 Å². The Morgan fingerprint density at radius 3 is 2.90 bits per heavy atom. The van der Waals surface area contributed by atoms with Crippen LogP contribution in [-0.2, 0) is 24.2 Å². The fourth-order valence-electron chi connectivity index (χ4n) is 2.47. The number of amides is 1. The number of fused-ring (bicyclic) bond motifs is 1. The lowest BCUT2D eigenvalue weighted by Crippen LogP contribution is -2.24.